The summed E-state index contributed by atoms with van der Waals surface area (Å²) in [5.41, 5.74) is 1.25. The van der Waals surface area contributed by atoms with Gasteiger partial charge in [-0.05, 0) is 47.1 Å². The maximum atomic E-state index is 2.92. The van der Waals surface area contributed by atoms with E-state index in [2.05, 4.69) is 71.6 Å². The van der Waals surface area contributed by atoms with Crippen molar-refractivity contribution in [1.82, 2.24) is 0 Å². The summed E-state index contributed by atoms with van der Waals surface area (Å²) in [5.74, 6) is 1.52. The van der Waals surface area contributed by atoms with E-state index in [0.29, 0.717) is 16.2 Å². The highest BCUT2D eigenvalue weighted by atomic mass is 31.0. The van der Waals surface area contributed by atoms with E-state index in [1.165, 1.54) is 19.0 Å². The van der Waals surface area contributed by atoms with Crippen molar-refractivity contribution in [3.8, 4) is 0 Å². The largest absolute Gasteiger partial charge is 0.137 e. The molecule has 0 aliphatic rings. The molecule has 0 heterocycles. The molecule has 0 saturated carbocycles. The molecule has 0 saturated heterocycles. The van der Waals surface area contributed by atoms with Crippen LogP contribution in [0.15, 0.2) is 0 Å². The molecule has 0 aliphatic carbocycles. The summed E-state index contributed by atoms with van der Waals surface area (Å²) < 4.78 is 0. The Bertz CT molecular complexity index is 248. The SMILES string of the molecule is CC(C)CC(C)(C)C(C)C(C)(C)CC(C)(C)CP. The summed E-state index contributed by atoms with van der Waals surface area (Å²) in [6.07, 6.45) is 3.80. The van der Waals surface area contributed by atoms with Gasteiger partial charge in [-0.2, -0.15) is 0 Å². The lowest BCUT2D eigenvalue weighted by Crippen LogP contribution is -2.38. The number of hydrogen-bond acceptors (Lipinski definition) is 0. The van der Waals surface area contributed by atoms with Gasteiger partial charge in [-0.1, -0.05) is 62.3 Å². The molecule has 2 atom stereocenters. The van der Waals surface area contributed by atoms with Gasteiger partial charge in [0.15, 0.2) is 0 Å². The molecular weight excluding hydrogens is 235 g/mol. The normalized spacial score (nSPS) is 16.2. The first-order chi connectivity index (χ1) is 7.84. The van der Waals surface area contributed by atoms with Gasteiger partial charge in [-0.25, -0.2) is 0 Å². The van der Waals surface area contributed by atoms with Crippen molar-refractivity contribution in [1.29, 1.82) is 0 Å². The molecule has 0 aromatic heterocycles. The lowest BCUT2D eigenvalue weighted by molar-refractivity contribution is 0.0387. The standard InChI is InChI=1S/C17H37P/c1-13(2)10-16(6,7)14(3)17(8,9)11-15(4,5)12-18/h13-14H,10-12,18H2,1-9H3. The zero-order valence-electron chi connectivity index (χ0n) is 14.4. The first kappa shape index (κ1) is 18.4. The van der Waals surface area contributed by atoms with Crippen LogP contribution in [0.2, 0.25) is 0 Å². The van der Waals surface area contributed by atoms with Crippen LogP contribution in [-0.2, 0) is 0 Å². The van der Waals surface area contributed by atoms with Crippen LogP contribution in [-0.4, -0.2) is 6.16 Å². The maximum Gasteiger partial charge on any atom is -0.0314 e. The monoisotopic (exact) mass is 272 g/mol. The highest BCUT2D eigenvalue weighted by molar-refractivity contribution is 7.16. The predicted molar refractivity (Wildman–Crippen MR) is 89.2 cm³/mol. The van der Waals surface area contributed by atoms with Crippen molar-refractivity contribution in [3.63, 3.8) is 0 Å². The molecule has 0 aromatic rings. The summed E-state index contributed by atoms with van der Waals surface area (Å²) in [6.45, 7) is 21.8. The summed E-state index contributed by atoms with van der Waals surface area (Å²) in [6, 6.07) is 0. The Morgan fingerprint density at radius 1 is 0.833 bits per heavy atom. The minimum absolute atomic E-state index is 0.401. The van der Waals surface area contributed by atoms with Crippen molar-refractivity contribution in [2.24, 2.45) is 28.1 Å². The Kier molecular flexibility index (Phi) is 6.40. The zero-order chi connectivity index (χ0) is 14.8. The third kappa shape index (κ3) is 5.60. The van der Waals surface area contributed by atoms with Gasteiger partial charge < -0.3 is 0 Å². The molecule has 18 heavy (non-hydrogen) atoms. The molecule has 0 aromatic carbocycles. The highest BCUT2D eigenvalue weighted by Crippen LogP contribution is 2.49. The van der Waals surface area contributed by atoms with Gasteiger partial charge in [0.25, 0.3) is 0 Å². The number of rotatable bonds is 7. The van der Waals surface area contributed by atoms with Crippen molar-refractivity contribution in [3.05, 3.63) is 0 Å². The predicted octanol–water partition coefficient (Wildman–Crippen LogP) is 6.01. The second kappa shape index (κ2) is 6.25. The van der Waals surface area contributed by atoms with Gasteiger partial charge in [-0.3, -0.25) is 0 Å². The minimum Gasteiger partial charge on any atom is -0.137 e. The first-order valence-electron chi connectivity index (χ1n) is 7.54. The molecule has 0 bridgehead atoms. The third-order valence-electron chi connectivity index (χ3n) is 4.77. The Hall–Kier alpha value is 0.430. The minimum atomic E-state index is 0.401. The summed E-state index contributed by atoms with van der Waals surface area (Å²) in [4.78, 5) is 0. The second-order valence-corrected chi connectivity index (χ2v) is 9.25. The highest BCUT2D eigenvalue weighted by Gasteiger charge is 2.40. The van der Waals surface area contributed by atoms with Gasteiger partial charge in [0.2, 0.25) is 0 Å². The molecule has 0 aliphatic heterocycles. The van der Waals surface area contributed by atoms with Crippen molar-refractivity contribution >= 4 is 9.24 Å². The Labute approximate surface area is 119 Å². The molecule has 1 heteroatoms. The van der Waals surface area contributed by atoms with Crippen LogP contribution in [0, 0.1) is 28.1 Å². The fourth-order valence-corrected chi connectivity index (χ4v) is 3.89. The third-order valence-corrected chi connectivity index (χ3v) is 5.87. The van der Waals surface area contributed by atoms with Crippen LogP contribution in [0.5, 0.6) is 0 Å². The van der Waals surface area contributed by atoms with Gasteiger partial charge in [0.05, 0.1) is 0 Å². The lowest BCUT2D eigenvalue weighted by atomic mass is 9.59. The van der Waals surface area contributed by atoms with Gasteiger partial charge in [-0.15, -0.1) is 9.24 Å². The van der Waals surface area contributed by atoms with E-state index >= 15 is 0 Å². The maximum absolute atomic E-state index is 2.92. The molecule has 0 nitrogen and oxygen atoms in total. The van der Waals surface area contributed by atoms with E-state index in [1.54, 1.807) is 0 Å². The van der Waals surface area contributed by atoms with Gasteiger partial charge >= 0.3 is 0 Å². The van der Waals surface area contributed by atoms with Crippen LogP contribution in [0.4, 0.5) is 0 Å². The van der Waals surface area contributed by atoms with Crippen LogP contribution in [0.1, 0.15) is 75.2 Å². The Balaban J connectivity index is 4.89. The Morgan fingerprint density at radius 2 is 1.28 bits per heavy atom. The number of hydrogen-bond donors (Lipinski definition) is 0. The van der Waals surface area contributed by atoms with E-state index in [9.17, 15) is 0 Å². The van der Waals surface area contributed by atoms with E-state index < -0.39 is 0 Å². The van der Waals surface area contributed by atoms with Crippen molar-refractivity contribution < 1.29 is 0 Å². The van der Waals surface area contributed by atoms with Crippen LogP contribution >= 0.6 is 9.24 Å². The van der Waals surface area contributed by atoms with E-state index in [-0.39, 0.29) is 0 Å². The molecule has 110 valence electrons. The fourth-order valence-electron chi connectivity index (χ4n) is 3.75. The summed E-state index contributed by atoms with van der Waals surface area (Å²) in [7, 11) is 2.92. The lowest BCUT2D eigenvalue weighted by Gasteiger charge is -2.46. The molecule has 0 amide bonds. The van der Waals surface area contributed by atoms with Crippen molar-refractivity contribution in [2.45, 2.75) is 75.2 Å². The molecule has 0 N–H and O–H groups in total. The fraction of sp³-hybridized carbons (Fsp3) is 1.00. The van der Waals surface area contributed by atoms with E-state index in [0.717, 1.165) is 11.8 Å². The van der Waals surface area contributed by atoms with E-state index in [4.69, 9.17) is 0 Å². The molecule has 0 spiro atoms. The molecule has 0 radical (unpaired) electrons. The van der Waals surface area contributed by atoms with E-state index in [1.807, 2.05) is 0 Å². The van der Waals surface area contributed by atoms with Crippen molar-refractivity contribution in [2.75, 3.05) is 6.16 Å². The molecule has 2 unspecified atom stereocenters. The average Bonchev–Trinajstić information content (AvgIpc) is 2.13. The van der Waals surface area contributed by atoms with Gasteiger partial charge in [0, 0.05) is 0 Å². The topological polar surface area (TPSA) is 0 Å². The Morgan fingerprint density at radius 3 is 1.61 bits per heavy atom. The second-order valence-electron chi connectivity index (χ2n) is 8.84. The quantitative estimate of drug-likeness (QED) is 0.498. The summed E-state index contributed by atoms with van der Waals surface area (Å²) in [5, 5.41) is 0. The van der Waals surface area contributed by atoms with Crippen LogP contribution in [0.25, 0.3) is 0 Å². The zero-order valence-corrected chi connectivity index (χ0v) is 15.5. The molecule has 0 fully saturated rings. The van der Waals surface area contributed by atoms with Crippen LogP contribution < -0.4 is 0 Å². The molecule has 0 rings (SSSR count). The van der Waals surface area contributed by atoms with Gasteiger partial charge in [0.1, 0.15) is 0 Å². The van der Waals surface area contributed by atoms with Crippen LogP contribution in [0.3, 0.4) is 0 Å². The summed E-state index contributed by atoms with van der Waals surface area (Å²) >= 11 is 0. The smallest absolute Gasteiger partial charge is 0.0314 e. The average molecular weight is 272 g/mol. The first-order valence-corrected chi connectivity index (χ1v) is 8.36. The molecular formula is C17H37P.